The third-order valence-electron chi connectivity index (χ3n) is 3.71. The predicted octanol–water partition coefficient (Wildman–Crippen LogP) is 4.59. The maximum atomic E-state index is 13.7. The molecule has 0 spiro atoms. The van der Waals surface area contributed by atoms with E-state index in [2.05, 4.69) is 31.9 Å². The Labute approximate surface area is 139 Å². The molecule has 0 radical (unpaired) electrons. The van der Waals surface area contributed by atoms with Gasteiger partial charge in [-0.25, -0.2) is 4.39 Å². The maximum Gasteiger partial charge on any atom is 0.231 e. The van der Waals surface area contributed by atoms with Gasteiger partial charge in [0.25, 0.3) is 0 Å². The summed E-state index contributed by atoms with van der Waals surface area (Å²) in [6.07, 6.45) is 0.425. The van der Waals surface area contributed by atoms with Crippen molar-refractivity contribution in [3.8, 4) is 0 Å². The van der Waals surface area contributed by atoms with E-state index in [1.807, 2.05) is 24.3 Å². The predicted molar refractivity (Wildman–Crippen MR) is 88.4 cm³/mol. The fourth-order valence-corrected chi connectivity index (χ4v) is 3.33. The van der Waals surface area contributed by atoms with Crippen LogP contribution in [-0.2, 0) is 11.2 Å². The summed E-state index contributed by atoms with van der Waals surface area (Å²) in [4.78, 5) is 13.3. The Hall–Kier alpha value is -1.20. The second-order valence-corrected chi connectivity index (χ2v) is 6.82. The van der Waals surface area contributed by atoms with Gasteiger partial charge in [-0.15, -0.1) is 0 Å². The first-order valence-electron chi connectivity index (χ1n) is 6.46. The molecule has 2 nitrogen and oxygen atoms in total. The van der Waals surface area contributed by atoms with Gasteiger partial charge in [0.15, 0.2) is 0 Å². The monoisotopic (exact) mass is 411 g/mol. The lowest BCUT2D eigenvalue weighted by atomic mass is 10.0. The number of likely N-dealkylation sites (N-methyl/N-ethyl adjacent to an activating group) is 1. The van der Waals surface area contributed by atoms with Gasteiger partial charge in [0, 0.05) is 12.7 Å². The number of carbonyl (C=O) groups is 1. The number of hydrogen-bond donors (Lipinski definition) is 0. The van der Waals surface area contributed by atoms with Gasteiger partial charge < -0.3 is 4.90 Å². The van der Waals surface area contributed by atoms with E-state index in [0.717, 1.165) is 22.4 Å². The highest BCUT2D eigenvalue weighted by Gasteiger charge is 2.25. The van der Waals surface area contributed by atoms with Crippen LogP contribution in [0.4, 0.5) is 10.1 Å². The van der Waals surface area contributed by atoms with Gasteiger partial charge in [0.05, 0.1) is 15.7 Å². The van der Waals surface area contributed by atoms with Crippen LogP contribution in [0.25, 0.3) is 0 Å². The van der Waals surface area contributed by atoms with Gasteiger partial charge in [-0.2, -0.15) is 0 Å². The molecule has 3 rings (SSSR count). The van der Waals surface area contributed by atoms with Gasteiger partial charge in [-0.05, 0) is 50.8 Å². The zero-order valence-corrected chi connectivity index (χ0v) is 14.4. The highest BCUT2D eigenvalue weighted by Crippen LogP contribution is 2.36. The number of anilines is 1. The fourth-order valence-electron chi connectivity index (χ4n) is 2.51. The second kappa shape index (κ2) is 5.54. The van der Waals surface area contributed by atoms with Gasteiger partial charge >= 0.3 is 0 Å². The number of halogens is 3. The van der Waals surface area contributed by atoms with Crippen molar-refractivity contribution in [1.29, 1.82) is 0 Å². The Morgan fingerprint density at radius 2 is 1.86 bits per heavy atom. The second-order valence-electron chi connectivity index (χ2n) is 5.05. The number of fused-ring (bicyclic) bond motifs is 1. The number of benzene rings is 2. The van der Waals surface area contributed by atoms with Crippen LogP contribution in [0.2, 0.25) is 0 Å². The molecule has 0 aromatic heterocycles. The van der Waals surface area contributed by atoms with Crippen LogP contribution < -0.4 is 4.90 Å². The quantitative estimate of drug-likeness (QED) is 0.660. The molecule has 0 saturated carbocycles. The zero-order chi connectivity index (χ0) is 15.1. The Morgan fingerprint density at radius 3 is 2.57 bits per heavy atom. The summed E-state index contributed by atoms with van der Waals surface area (Å²) in [5, 5.41) is 0. The summed E-state index contributed by atoms with van der Waals surface area (Å²) in [7, 11) is 1.78. The van der Waals surface area contributed by atoms with E-state index < -0.39 is 0 Å². The minimum atomic E-state index is -0.284. The molecule has 0 saturated heterocycles. The van der Waals surface area contributed by atoms with Crippen molar-refractivity contribution in [3.63, 3.8) is 0 Å². The Bertz CT molecular complexity index is 732. The SMILES string of the molecule is CN1C(=O)Cc2cc(C(Br)c3ccc(Br)c(F)c3)ccc21. The van der Waals surface area contributed by atoms with E-state index >= 15 is 0 Å². The zero-order valence-electron chi connectivity index (χ0n) is 11.2. The smallest absolute Gasteiger partial charge is 0.231 e. The van der Waals surface area contributed by atoms with E-state index in [1.54, 1.807) is 18.0 Å². The normalized spacial score (nSPS) is 15.2. The lowest BCUT2D eigenvalue weighted by molar-refractivity contribution is -0.117. The molecule has 2 aromatic rings. The molecule has 21 heavy (non-hydrogen) atoms. The van der Waals surface area contributed by atoms with Crippen molar-refractivity contribution in [2.24, 2.45) is 0 Å². The molecule has 0 bridgehead atoms. The van der Waals surface area contributed by atoms with Crippen molar-refractivity contribution in [1.82, 2.24) is 0 Å². The molecule has 1 aliphatic heterocycles. The lowest BCUT2D eigenvalue weighted by Gasteiger charge is -2.14. The van der Waals surface area contributed by atoms with E-state index in [-0.39, 0.29) is 16.6 Å². The molecule has 0 fully saturated rings. The minimum absolute atomic E-state index is 0.1000. The van der Waals surface area contributed by atoms with Crippen molar-refractivity contribution in [2.75, 3.05) is 11.9 Å². The number of alkyl halides is 1. The van der Waals surface area contributed by atoms with Crippen LogP contribution >= 0.6 is 31.9 Å². The summed E-state index contributed by atoms with van der Waals surface area (Å²) in [6, 6.07) is 11.0. The van der Waals surface area contributed by atoms with Crippen LogP contribution in [-0.4, -0.2) is 13.0 Å². The van der Waals surface area contributed by atoms with E-state index in [4.69, 9.17) is 0 Å². The van der Waals surface area contributed by atoms with Crippen molar-refractivity contribution >= 4 is 43.5 Å². The standard InChI is InChI=1S/C16H12Br2FNO/c1-20-14-5-3-9(6-11(14)8-15(20)21)16(18)10-2-4-12(17)13(19)7-10/h2-7,16H,8H2,1H3. The van der Waals surface area contributed by atoms with Gasteiger partial charge in [0.1, 0.15) is 5.82 Å². The number of carbonyl (C=O) groups excluding carboxylic acids is 1. The molecular weight excluding hydrogens is 401 g/mol. The van der Waals surface area contributed by atoms with Crippen LogP contribution in [0.1, 0.15) is 21.5 Å². The largest absolute Gasteiger partial charge is 0.315 e. The third-order valence-corrected chi connectivity index (χ3v) is 5.41. The van der Waals surface area contributed by atoms with Crippen molar-refractivity contribution < 1.29 is 9.18 Å². The van der Waals surface area contributed by atoms with E-state index in [9.17, 15) is 9.18 Å². The van der Waals surface area contributed by atoms with Crippen LogP contribution in [0.5, 0.6) is 0 Å². The first kappa shape index (κ1) is 14.7. The molecule has 1 amide bonds. The summed E-state index contributed by atoms with van der Waals surface area (Å²) in [5.41, 5.74) is 3.82. The molecular formula is C16H12Br2FNO. The Balaban J connectivity index is 1.96. The van der Waals surface area contributed by atoms with Gasteiger partial charge in [-0.3, -0.25) is 4.79 Å². The van der Waals surface area contributed by atoms with E-state index in [0.29, 0.717) is 10.9 Å². The number of rotatable bonds is 2. The van der Waals surface area contributed by atoms with Crippen LogP contribution in [0.15, 0.2) is 40.9 Å². The van der Waals surface area contributed by atoms with Gasteiger partial charge in [0.2, 0.25) is 5.91 Å². The topological polar surface area (TPSA) is 20.3 Å². The molecule has 108 valence electrons. The molecule has 1 unspecified atom stereocenters. The lowest BCUT2D eigenvalue weighted by Crippen LogP contribution is -2.20. The molecule has 5 heteroatoms. The molecule has 1 atom stereocenters. The van der Waals surface area contributed by atoms with Crippen molar-refractivity contribution in [3.05, 3.63) is 63.4 Å². The highest BCUT2D eigenvalue weighted by molar-refractivity contribution is 9.10. The molecule has 2 aromatic carbocycles. The third kappa shape index (κ3) is 2.64. The first-order valence-corrected chi connectivity index (χ1v) is 8.16. The number of nitrogens with zero attached hydrogens (tertiary/aromatic N) is 1. The molecule has 1 aliphatic rings. The molecule has 0 N–H and O–H groups in total. The fraction of sp³-hybridized carbons (Fsp3) is 0.188. The van der Waals surface area contributed by atoms with Crippen molar-refractivity contribution in [2.45, 2.75) is 11.2 Å². The van der Waals surface area contributed by atoms with Crippen LogP contribution in [0, 0.1) is 5.82 Å². The number of hydrogen-bond acceptors (Lipinski definition) is 1. The Kier molecular flexibility index (Phi) is 3.88. The molecule has 1 heterocycles. The van der Waals surface area contributed by atoms with Crippen LogP contribution in [0.3, 0.4) is 0 Å². The summed E-state index contributed by atoms with van der Waals surface area (Å²) >= 11 is 6.77. The van der Waals surface area contributed by atoms with E-state index in [1.165, 1.54) is 6.07 Å². The van der Waals surface area contributed by atoms with Gasteiger partial charge in [-0.1, -0.05) is 34.1 Å². The summed E-state index contributed by atoms with van der Waals surface area (Å²) < 4.78 is 14.1. The number of amides is 1. The maximum absolute atomic E-state index is 13.7. The summed E-state index contributed by atoms with van der Waals surface area (Å²) in [5.74, 6) is -0.184. The first-order chi connectivity index (χ1) is 9.97. The average Bonchev–Trinajstić information content (AvgIpc) is 2.76. The summed E-state index contributed by atoms with van der Waals surface area (Å²) in [6.45, 7) is 0. The highest BCUT2D eigenvalue weighted by atomic mass is 79.9. The average molecular weight is 413 g/mol. The minimum Gasteiger partial charge on any atom is -0.315 e. The molecule has 0 aliphatic carbocycles. The Morgan fingerprint density at radius 1 is 1.19 bits per heavy atom.